The third-order valence-electron chi connectivity index (χ3n) is 2.73. The number of aryl methyl sites for hydroxylation is 1. The lowest BCUT2D eigenvalue weighted by Crippen LogP contribution is -2.20. The second-order valence-electron chi connectivity index (χ2n) is 4.52. The molecule has 0 aliphatic rings. The third-order valence-corrected chi connectivity index (χ3v) is 4.19. The lowest BCUT2D eigenvalue weighted by atomic mass is 10.0. The van der Waals surface area contributed by atoms with Crippen LogP contribution in [0.2, 0.25) is 0 Å². The van der Waals surface area contributed by atoms with Crippen molar-refractivity contribution in [1.82, 2.24) is 5.16 Å². The van der Waals surface area contributed by atoms with Gasteiger partial charge in [0.2, 0.25) is 10.0 Å². The Morgan fingerprint density at radius 1 is 1.32 bits per heavy atom. The van der Waals surface area contributed by atoms with Gasteiger partial charge in [0.25, 0.3) is 0 Å². The fraction of sp³-hybridized carbons (Fsp3) is 0.308. The molecule has 2 aromatic rings. The number of hydrogen-bond acceptors (Lipinski definition) is 4. The van der Waals surface area contributed by atoms with Crippen molar-refractivity contribution in [2.45, 2.75) is 19.8 Å². The molecule has 0 bridgehead atoms. The molecule has 2 rings (SSSR count). The van der Waals surface area contributed by atoms with Crippen molar-refractivity contribution in [3.63, 3.8) is 0 Å². The highest BCUT2D eigenvalue weighted by molar-refractivity contribution is 7.92. The molecule has 1 aromatic carbocycles. The maximum absolute atomic E-state index is 12.0. The molecule has 1 heterocycles. The smallest absolute Gasteiger partial charge is 0.234 e. The Bertz CT molecular complexity index is 635. The third kappa shape index (κ3) is 3.82. The van der Waals surface area contributed by atoms with Crippen molar-refractivity contribution in [2.75, 3.05) is 10.5 Å². The number of aromatic nitrogens is 1. The maximum Gasteiger partial charge on any atom is 0.234 e. The van der Waals surface area contributed by atoms with Crippen molar-refractivity contribution in [1.29, 1.82) is 0 Å². The molecule has 0 saturated heterocycles. The fourth-order valence-electron chi connectivity index (χ4n) is 1.82. The van der Waals surface area contributed by atoms with Gasteiger partial charge in [-0.15, -0.1) is 0 Å². The first kappa shape index (κ1) is 13.6. The molecule has 0 spiro atoms. The van der Waals surface area contributed by atoms with Gasteiger partial charge in [0, 0.05) is 6.07 Å². The van der Waals surface area contributed by atoms with Gasteiger partial charge in [0.1, 0.15) is 5.76 Å². The van der Waals surface area contributed by atoms with E-state index in [0.717, 1.165) is 5.56 Å². The number of nitrogens with one attached hydrogen (secondary N) is 1. The van der Waals surface area contributed by atoms with Gasteiger partial charge in [0.15, 0.2) is 5.82 Å². The minimum Gasteiger partial charge on any atom is -0.360 e. The van der Waals surface area contributed by atoms with Gasteiger partial charge in [-0.2, -0.15) is 0 Å². The summed E-state index contributed by atoms with van der Waals surface area (Å²) in [5.74, 6) is 0.696. The maximum atomic E-state index is 12.0. The highest BCUT2D eigenvalue weighted by atomic mass is 32.2. The van der Waals surface area contributed by atoms with Crippen LogP contribution in [0.1, 0.15) is 24.2 Å². The van der Waals surface area contributed by atoms with E-state index in [0.29, 0.717) is 5.76 Å². The summed E-state index contributed by atoms with van der Waals surface area (Å²) < 4.78 is 31.2. The SMILES string of the molecule is Cc1cc(NS(=O)(=O)C[C@@H](C)c2ccccc2)no1. The van der Waals surface area contributed by atoms with Crippen LogP contribution in [0.25, 0.3) is 0 Å². The van der Waals surface area contributed by atoms with E-state index in [1.165, 1.54) is 0 Å². The van der Waals surface area contributed by atoms with Crippen LogP contribution >= 0.6 is 0 Å². The molecule has 0 saturated carbocycles. The van der Waals surface area contributed by atoms with Crippen LogP contribution in [0.15, 0.2) is 40.9 Å². The summed E-state index contributed by atoms with van der Waals surface area (Å²) in [6.45, 7) is 3.58. The van der Waals surface area contributed by atoms with E-state index >= 15 is 0 Å². The first-order valence-electron chi connectivity index (χ1n) is 5.95. The van der Waals surface area contributed by atoms with E-state index in [2.05, 4.69) is 9.88 Å². The Balaban J connectivity index is 2.05. The predicted molar refractivity (Wildman–Crippen MR) is 73.5 cm³/mol. The monoisotopic (exact) mass is 280 g/mol. The first-order valence-corrected chi connectivity index (χ1v) is 7.60. The Kier molecular flexibility index (Phi) is 3.90. The molecule has 1 atom stereocenters. The molecule has 0 amide bonds. The number of nitrogens with zero attached hydrogens (tertiary/aromatic N) is 1. The fourth-order valence-corrected chi connectivity index (χ4v) is 3.17. The zero-order valence-corrected chi connectivity index (χ0v) is 11.6. The summed E-state index contributed by atoms with van der Waals surface area (Å²) in [7, 11) is -3.44. The second kappa shape index (κ2) is 5.44. The van der Waals surface area contributed by atoms with E-state index in [9.17, 15) is 8.42 Å². The van der Waals surface area contributed by atoms with Gasteiger partial charge in [-0.05, 0) is 18.4 Å². The Hall–Kier alpha value is -1.82. The summed E-state index contributed by atoms with van der Waals surface area (Å²) >= 11 is 0. The summed E-state index contributed by atoms with van der Waals surface area (Å²) in [6, 6.07) is 11.1. The van der Waals surface area contributed by atoms with E-state index in [4.69, 9.17) is 4.52 Å². The summed E-state index contributed by atoms with van der Waals surface area (Å²) in [5, 5.41) is 3.62. The van der Waals surface area contributed by atoms with Crippen LogP contribution in [0.3, 0.4) is 0 Å². The van der Waals surface area contributed by atoms with Gasteiger partial charge in [0.05, 0.1) is 5.75 Å². The number of rotatable bonds is 5. The molecule has 1 N–H and O–H groups in total. The van der Waals surface area contributed by atoms with E-state index in [1.807, 2.05) is 37.3 Å². The van der Waals surface area contributed by atoms with Crippen molar-refractivity contribution in [2.24, 2.45) is 0 Å². The zero-order chi connectivity index (χ0) is 13.9. The molecule has 1 aromatic heterocycles. The van der Waals surface area contributed by atoms with Gasteiger partial charge < -0.3 is 4.52 Å². The van der Waals surface area contributed by atoms with Gasteiger partial charge in [-0.25, -0.2) is 8.42 Å². The number of benzene rings is 1. The van der Waals surface area contributed by atoms with Gasteiger partial charge in [-0.1, -0.05) is 42.4 Å². The quantitative estimate of drug-likeness (QED) is 0.913. The largest absolute Gasteiger partial charge is 0.360 e. The Morgan fingerprint density at radius 2 is 2.00 bits per heavy atom. The minimum atomic E-state index is -3.44. The molecule has 5 nitrogen and oxygen atoms in total. The summed E-state index contributed by atoms with van der Waals surface area (Å²) in [6.07, 6.45) is 0. The minimum absolute atomic E-state index is 0.00290. The van der Waals surface area contributed by atoms with Crippen LogP contribution < -0.4 is 4.72 Å². The average Bonchev–Trinajstić information content (AvgIpc) is 2.74. The van der Waals surface area contributed by atoms with Crippen molar-refractivity contribution < 1.29 is 12.9 Å². The predicted octanol–water partition coefficient (Wildman–Crippen LogP) is 2.53. The molecule has 0 unspecified atom stereocenters. The lowest BCUT2D eigenvalue weighted by Gasteiger charge is -2.12. The molecule has 0 aliphatic carbocycles. The number of anilines is 1. The van der Waals surface area contributed by atoms with Crippen molar-refractivity contribution in [3.8, 4) is 0 Å². The standard InChI is InChI=1S/C13H16N2O3S/c1-10(12-6-4-3-5-7-12)9-19(16,17)15-13-8-11(2)18-14-13/h3-8,10H,9H2,1-2H3,(H,14,15)/t10-/m1/s1. The van der Waals surface area contributed by atoms with E-state index in [-0.39, 0.29) is 17.5 Å². The van der Waals surface area contributed by atoms with Crippen LogP contribution in [0.4, 0.5) is 5.82 Å². The normalized spacial score (nSPS) is 13.2. The average molecular weight is 280 g/mol. The molecule has 0 aliphatic heterocycles. The molecule has 102 valence electrons. The second-order valence-corrected chi connectivity index (χ2v) is 6.28. The molecule has 0 fully saturated rings. The van der Waals surface area contributed by atoms with Crippen LogP contribution in [-0.2, 0) is 10.0 Å². The van der Waals surface area contributed by atoms with Crippen molar-refractivity contribution in [3.05, 3.63) is 47.7 Å². The van der Waals surface area contributed by atoms with Crippen LogP contribution in [-0.4, -0.2) is 19.3 Å². The first-order chi connectivity index (χ1) is 8.96. The summed E-state index contributed by atoms with van der Waals surface area (Å²) in [5.41, 5.74) is 0.990. The zero-order valence-electron chi connectivity index (χ0n) is 10.8. The topological polar surface area (TPSA) is 72.2 Å². The highest BCUT2D eigenvalue weighted by Gasteiger charge is 2.18. The Labute approximate surface area is 112 Å². The van der Waals surface area contributed by atoms with Gasteiger partial charge >= 0.3 is 0 Å². The number of sulfonamides is 1. The van der Waals surface area contributed by atoms with E-state index in [1.54, 1.807) is 13.0 Å². The van der Waals surface area contributed by atoms with Gasteiger partial charge in [-0.3, -0.25) is 4.72 Å². The van der Waals surface area contributed by atoms with Crippen LogP contribution in [0.5, 0.6) is 0 Å². The molecule has 0 radical (unpaired) electrons. The highest BCUT2D eigenvalue weighted by Crippen LogP contribution is 2.18. The molecular weight excluding hydrogens is 264 g/mol. The molecular formula is C13H16N2O3S. The van der Waals surface area contributed by atoms with Crippen LogP contribution in [0, 0.1) is 6.92 Å². The number of hydrogen-bond donors (Lipinski definition) is 1. The van der Waals surface area contributed by atoms with E-state index < -0.39 is 10.0 Å². The molecule has 6 heteroatoms. The lowest BCUT2D eigenvalue weighted by molar-refractivity contribution is 0.400. The Morgan fingerprint density at radius 3 is 2.58 bits per heavy atom. The molecule has 19 heavy (non-hydrogen) atoms. The van der Waals surface area contributed by atoms with Crippen molar-refractivity contribution >= 4 is 15.8 Å². The summed E-state index contributed by atoms with van der Waals surface area (Å²) in [4.78, 5) is 0.